The number of anilines is 3. The van der Waals surface area contributed by atoms with Crippen LogP contribution in [0.15, 0.2) is 33.9 Å². The van der Waals surface area contributed by atoms with E-state index in [0.717, 1.165) is 10.6 Å². The molecule has 0 aliphatic heterocycles. The highest BCUT2D eigenvalue weighted by molar-refractivity contribution is 7.92. The predicted molar refractivity (Wildman–Crippen MR) is 102 cm³/mol. The smallest absolute Gasteiger partial charge is 0.254 e. The molecule has 0 fully saturated rings. The van der Waals surface area contributed by atoms with E-state index >= 15 is 0 Å². The van der Waals surface area contributed by atoms with Crippen LogP contribution >= 0.6 is 0 Å². The number of nitriles is 1. The molecule has 0 saturated carbocycles. The van der Waals surface area contributed by atoms with E-state index in [1.807, 2.05) is 33.8 Å². The maximum absolute atomic E-state index is 12.3. The van der Waals surface area contributed by atoms with E-state index in [0.29, 0.717) is 5.56 Å². The van der Waals surface area contributed by atoms with Crippen molar-refractivity contribution in [3.63, 3.8) is 0 Å². The van der Waals surface area contributed by atoms with Gasteiger partial charge in [0.2, 0.25) is 10.0 Å². The summed E-state index contributed by atoms with van der Waals surface area (Å²) in [5.74, 6) is 0. The van der Waals surface area contributed by atoms with Gasteiger partial charge in [0, 0.05) is 6.04 Å². The van der Waals surface area contributed by atoms with Crippen molar-refractivity contribution in [3.05, 3.63) is 50.3 Å². The Morgan fingerprint density at radius 1 is 1.12 bits per heavy atom. The van der Waals surface area contributed by atoms with Crippen LogP contribution in [0.1, 0.15) is 33.3 Å². The van der Waals surface area contributed by atoms with Crippen LogP contribution < -0.4 is 20.5 Å². The molecule has 1 N–H and O–H groups in total. The van der Waals surface area contributed by atoms with E-state index in [4.69, 9.17) is 5.26 Å². The second kappa shape index (κ2) is 6.57. The Morgan fingerprint density at radius 2 is 1.65 bits per heavy atom. The molecule has 0 saturated heterocycles. The summed E-state index contributed by atoms with van der Waals surface area (Å²) >= 11 is 0. The summed E-state index contributed by atoms with van der Waals surface area (Å²) in [6.07, 6.45) is 0.957. The summed E-state index contributed by atoms with van der Waals surface area (Å²) in [7, 11) is -3.88. The van der Waals surface area contributed by atoms with Gasteiger partial charge in [-0.3, -0.25) is 9.59 Å². The number of hydrogen-bond acceptors (Lipinski definition) is 6. The first-order chi connectivity index (χ1) is 11.9. The van der Waals surface area contributed by atoms with E-state index in [2.05, 4.69) is 5.32 Å². The topological polar surface area (TPSA) is 107 Å². The highest BCUT2D eigenvalue weighted by Gasteiger charge is 2.34. The lowest BCUT2D eigenvalue weighted by molar-refractivity contribution is 0.359. The molecule has 8 heteroatoms. The van der Waals surface area contributed by atoms with Gasteiger partial charge in [0.05, 0.1) is 23.6 Å². The van der Waals surface area contributed by atoms with E-state index in [-0.39, 0.29) is 28.5 Å². The molecule has 26 heavy (non-hydrogen) atoms. The van der Waals surface area contributed by atoms with Gasteiger partial charge in [-0.05, 0) is 36.6 Å². The van der Waals surface area contributed by atoms with Gasteiger partial charge in [0.15, 0.2) is 0 Å². The van der Waals surface area contributed by atoms with E-state index < -0.39 is 20.9 Å². The Kier molecular flexibility index (Phi) is 4.97. The highest BCUT2D eigenvalue weighted by atomic mass is 32.2. The molecule has 2 rings (SSSR count). The SMILES string of the molecule is CC(Nc1c(N(c2ccc(C#N)cc2)S(C)(=O)=O)c(=O)c1=O)C(C)(C)C. The van der Waals surface area contributed by atoms with Gasteiger partial charge in [-0.15, -0.1) is 0 Å². The number of sulfonamides is 1. The fourth-order valence-corrected chi connectivity index (χ4v) is 3.31. The third-order valence-corrected chi connectivity index (χ3v) is 5.37. The van der Waals surface area contributed by atoms with Crippen LogP contribution in [0.5, 0.6) is 0 Å². The number of benzene rings is 1. The first-order valence-corrected chi connectivity index (χ1v) is 9.83. The van der Waals surface area contributed by atoms with Crippen LogP contribution in [0, 0.1) is 16.7 Å². The van der Waals surface area contributed by atoms with Crippen molar-refractivity contribution >= 4 is 27.1 Å². The molecular weight excluding hydrogens is 354 g/mol. The van der Waals surface area contributed by atoms with Gasteiger partial charge < -0.3 is 5.32 Å². The number of hydrogen-bond donors (Lipinski definition) is 1. The van der Waals surface area contributed by atoms with Crippen LogP contribution in [0.4, 0.5) is 17.1 Å². The van der Waals surface area contributed by atoms with Gasteiger partial charge in [0.1, 0.15) is 11.4 Å². The Labute approximate surface area is 152 Å². The minimum absolute atomic E-state index is 0.00721. The van der Waals surface area contributed by atoms with Crippen LogP contribution in [-0.2, 0) is 10.0 Å². The standard InChI is InChI=1S/C18H21N3O4S/c1-11(18(2,3)4)20-14-15(17(23)16(14)22)21(26(5,24)25)13-8-6-12(10-19)7-9-13/h6-9,11,20H,1-5H3. The fraction of sp³-hybridized carbons (Fsp3) is 0.389. The maximum Gasteiger partial charge on any atom is 0.254 e. The summed E-state index contributed by atoms with van der Waals surface area (Å²) in [6.45, 7) is 7.74. The predicted octanol–water partition coefficient (Wildman–Crippen LogP) is 2.10. The molecule has 0 radical (unpaired) electrons. The van der Waals surface area contributed by atoms with Crippen LogP contribution in [0.2, 0.25) is 0 Å². The van der Waals surface area contributed by atoms with Gasteiger partial charge in [0.25, 0.3) is 10.9 Å². The summed E-state index contributed by atoms with van der Waals surface area (Å²) < 4.78 is 25.5. The second-order valence-corrected chi connectivity index (χ2v) is 9.13. The Hall–Kier alpha value is -2.66. The molecule has 0 aromatic heterocycles. The quantitative estimate of drug-likeness (QED) is 0.802. The van der Waals surface area contributed by atoms with Crippen LogP contribution in [-0.4, -0.2) is 20.7 Å². The minimum Gasteiger partial charge on any atom is -0.377 e. The average molecular weight is 375 g/mol. The molecule has 1 unspecified atom stereocenters. The molecule has 138 valence electrons. The van der Waals surface area contributed by atoms with Crippen LogP contribution in [0.25, 0.3) is 0 Å². The summed E-state index contributed by atoms with van der Waals surface area (Å²) in [6, 6.07) is 7.51. The highest BCUT2D eigenvalue weighted by Crippen LogP contribution is 2.33. The van der Waals surface area contributed by atoms with E-state index in [9.17, 15) is 18.0 Å². The van der Waals surface area contributed by atoms with Crippen molar-refractivity contribution in [1.29, 1.82) is 5.26 Å². The Morgan fingerprint density at radius 3 is 2.08 bits per heavy atom. The minimum atomic E-state index is -3.88. The van der Waals surface area contributed by atoms with Crippen molar-refractivity contribution < 1.29 is 8.42 Å². The molecule has 1 atom stereocenters. The van der Waals surface area contributed by atoms with Crippen molar-refractivity contribution in [3.8, 4) is 6.07 Å². The summed E-state index contributed by atoms with van der Waals surface area (Å²) in [5.41, 5.74) is -1.47. The van der Waals surface area contributed by atoms with Crippen molar-refractivity contribution in [2.24, 2.45) is 5.41 Å². The van der Waals surface area contributed by atoms with Gasteiger partial charge in [-0.25, -0.2) is 12.7 Å². The molecule has 0 spiro atoms. The fourth-order valence-electron chi connectivity index (χ4n) is 2.30. The Bertz CT molecular complexity index is 1030. The molecule has 0 bridgehead atoms. The van der Waals surface area contributed by atoms with Gasteiger partial charge in [-0.2, -0.15) is 5.26 Å². The first kappa shape index (κ1) is 19.7. The molecule has 2 aromatic carbocycles. The first-order valence-electron chi connectivity index (χ1n) is 7.98. The molecule has 0 aliphatic carbocycles. The zero-order valence-electron chi connectivity index (χ0n) is 15.3. The Balaban J connectivity index is 2.58. The summed E-state index contributed by atoms with van der Waals surface area (Å²) in [4.78, 5) is 24.2. The number of nitrogens with zero attached hydrogens (tertiary/aromatic N) is 2. The van der Waals surface area contributed by atoms with Crippen LogP contribution in [0.3, 0.4) is 0 Å². The molecule has 0 heterocycles. The van der Waals surface area contributed by atoms with Crippen molar-refractivity contribution in [1.82, 2.24) is 0 Å². The second-order valence-electron chi connectivity index (χ2n) is 7.30. The largest absolute Gasteiger partial charge is 0.377 e. The lowest BCUT2D eigenvalue weighted by atomic mass is 9.87. The third-order valence-electron chi connectivity index (χ3n) is 4.31. The molecule has 7 nitrogen and oxygen atoms in total. The van der Waals surface area contributed by atoms with Gasteiger partial charge >= 0.3 is 0 Å². The normalized spacial score (nSPS) is 13.2. The third kappa shape index (κ3) is 3.63. The van der Waals surface area contributed by atoms with Crippen molar-refractivity contribution in [2.45, 2.75) is 33.7 Å². The van der Waals surface area contributed by atoms with Crippen molar-refractivity contribution in [2.75, 3.05) is 15.9 Å². The monoisotopic (exact) mass is 375 g/mol. The zero-order valence-corrected chi connectivity index (χ0v) is 16.1. The number of rotatable bonds is 5. The summed E-state index contributed by atoms with van der Waals surface area (Å²) in [5, 5.41) is 11.9. The maximum atomic E-state index is 12.3. The molecule has 2 aromatic rings. The number of nitrogens with one attached hydrogen (secondary N) is 1. The average Bonchev–Trinajstić information content (AvgIpc) is 2.55. The molecular formula is C18H21N3O4S. The lowest BCUT2D eigenvalue weighted by Gasteiger charge is -2.32. The zero-order chi connectivity index (χ0) is 19.9. The van der Waals surface area contributed by atoms with Gasteiger partial charge in [-0.1, -0.05) is 20.8 Å². The lowest BCUT2D eigenvalue weighted by Crippen LogP contribution is -2.45. The molecule has 0 amide bonds. The van der Waals surface area contributed by atoms with E-state index in [1.165, 1.54) is 24.3 Å². The molecule has 0 aliphatic rings. The van der Waals surface area contributed by atoms with E-state index in [1.54, 1.807) is 0 Å².